The Bertz CT molecular complexity index is 1050. The molecule has 0 aliphatic rings. The molecule has 0 spiro atoms. The summed E-state index contributed by atoms with van der Waals surface area (Å²) in [4.78, 5) is 16.6. The van der Waals surface area contributed by atoms with Crippen LogP contribution in [-0.2, 0) is 6.54 Å². The normalized spacial score (nSPS) is 11.0. The van der Waals surface area contributed by atoms with Crippen LogP contribution in [0.3, 0.4) is 0 Å². The van der Waals surface area contributed by atoms with Crippen LogP contribution in [-0.4, -0.2) is 20.7 Å². The summed E-state index contributed by atoms with van der Waals surface area (Å²) in [7, 11) is 0. The van der Waals surface area contributed by atoms with Gasteiger partial charge >= 0.3 is 0 Å². The second-order valence-corrected chi connectivity index (χ2v) is 6.24. The highest BCUT2D eigenvalue weighted by atomic mass is 35.5. The van der Waals surface area contributed by atoms with Gasteiger partial charge in [-0.2, -0.15) is 0 Å². The van der Waals surface area contributed by atoms with E-state index in [9.17, 15) is 4.79 Å². The Hall–Kier alpha value is -3.12. The van der Waals surface area contributed by atoms with E-state index in [1.165, 1.54) is 0 Å². The van der Waals surface area contributed by atoms with Gasteiger partial charge in [0.2, 0.25) is 5.82 Å². The number of halogens is 1. The van der Waals surface area contributed by atoms with Crippen LogP contribution in [0.1, 0.15) is 22.2 Å². The standard InChI is InChI=1S/C19H15ClN4O2/c1-12-22-18(23-24(12)15-8-6-14(20)7-9-15)19(25)21-11-16-10-13-4-2-3-5-17(13)26-16/h2-10H,11H2,1H3,(H,21,25). The first kappa shape index (κ1) is 16.4. The van der Waals surface area contributed by atoms with E-state index in [0.717, 1.165) is 16.7 Å². The average Bonchev–Trinajstić information content (AvgIpc) is 3.23. The average molecular weight is 367 g/mol. The summed E-state index contributed by atoms with van der Waals surface area (Å²) in [5.41, 5.74) is 1.58. The molecular formula is C19H15ClN4O2. The van der Waals surface area contributed by atoms with E-state index < -0.39 is 0 Å². The first-order valence-electron chi connectivity index (χ1n) is 8.05. The van der Waals surface area contributed by atoms with Crippen LogP contribution in [0.4, 0.5) is 0 Å². The number of carbonyl (C=O) groups excluding carboxylic acids is 1. The van der Waals surface area contributed by atoms with Crippen LogP contribution in [0.2, 0.25) is 5.02 Å². The van der Waals surface area contributed by atoms with Crippen LogP contribution in [0, 0.1) is 6.92 Å². The number of aryl methyl sites for hydroxylation is 1. The Labute approximate surface area is 154 Å². The number of nitrogens with one attached hydrogen (secondary N) is 1. The van der Waals surface area contributed by atoms with Gasteiger partial charge in [0.25, 0.3) is 5.91 Å². The largest absolute Gasteiger partial charge is 0.459 e. The second-order valence-electron chi connectivity index (χ2n) is 5.80. The lowest BCUT2D eigenvalue weighted by Gasteiger charge is -2.02. The number of hydrogen-bond acceptors (Lipinski definition) is 4. The van der Waals surface area contributed by atoms with Crippen LogP contribution in [0.15, 0.2) is 59.0 Å². The lowest BCUT2D eigenvalue weighted by atomic mass is 10.2. The summed E-state index contributed by atoms with van der Waals surface area (Å²) < 4.78 is 7.29. The molecule has 2 heterocycles. The zero-order valence-electron chi connectivity index (χ0n) is 13.9. The number of para-hydroxylation sites is 1. The lowest BCUT2D eigenvalue weighted by Crippen LogP contribution is -2.24. The predicted octanol–water partition coefficient (Wildman–Crippen LogP) is 3.91. The Kier molecular flexibility index (Phi) is 4.18. The van der Waals surface area contributed by atoms with Crippen molar-refractivity contribution in [2.24, 2.45) is 0 Å². The molecule has 0 fully saturated rings. The lowest BCUT2D eigenvalue weighted by molar-refractivity contribution is 0.0938. The van der Waals surface area contributed by atoms with Gasteiger partial charge in [-0.15, -0.1) is 5.10 Å². The van der Waals surface area contributed by atoms with Gasteiger partial charge in [0.05, 0.1) is 12.2 Å². The smallest absolute Gasteiger partial charge is 0.291 e. The van der Waals surface area contributed by atoms with Crippen molar-refractivity contribution >= 4 is 28.5 Å². The third kappa shape index (κ3) is 3.19. The zero-order chi connectivity index (χ0) is 18.1. The number of nitrogens with zero attached hydrogens (tertiary/aromatic N) is 3. The van der Waals surface area contributed by atoms with Gasteiger partial charge in [-0.05, 0) is 43.3 Å². The van der Waals surface area contributed by atoms with Crippen molar-refractivity contribution in [1.29, 1.82) is 0 Å². The number of amides is 1. The summed E-state index contributed by atoms with van der Waals surface area (Å²) in [6.07, 6.45) is 0. The molecule has 6 nitrogen and oxygen atoms in total. The minimum Gasteiger partial charge on any atom is -0.459 e. The number of hydrogen-bond donors (Lipinski definition) is 1. The summed E-state index contributed by atoms with van der Waals surface area (Å²) in [6, 6.07) is 16.8. The third-order valence-electron chi connectivity index (χ3n) is 3.94. The SMILES string of the molecule is Cc1nc(C(=O)NCc2cc3ccccc3o2)nn1-c1ccc(Cl)cc1. The molecule has 2 aromatic heterocycles. The van der Waals surface area contributed by atoms with Crippen molar-refractivity contribution in [2.75, 3.05) is 0 Å². The van der Waals surface area contributed by atoms with Gasteiger partial charge in [-0.25, -0.2) is 9.67 Å². The molecule has 0 bridgehead atoms. The Morgan fingerprint density at radius 1 is 1.19 bits per heavy atom. The molecule has 2 aromatic carbocycles. The third-order valence-corrected chi connectivity index (χ3v) is 4.19. The molecular weight excluding hydrogens is 352 g/mol. The molecule has 0 atom stereocenters. The molecule has 0 saturated carbocycles. The highest BCUT2D eigenvalue weighted by Gasteiger charge is 2.15. The Morgan fingerprint density at radius 2 is 1.96 bits per heavy atom. The summed E-state index contributed by atoms with van der Waals surface area (Å²) >= 11 is 5.91. The molecule has 4 aromatic rings. The Balaban J connectivity index is 1.49. The summed E-state index contributed by atoms with van der Waals surface area (Å²) in [5, 5.41) is 8.70. The van der Waals surface area contributed by atoms with E-state index >= 15 is 0 Å². The van der Waals surface area contributed by atoms with E-state index in [1.807, 2.05) is 42.5 Å². The number of carbonyl (C=O) groups is 1. The number of furan rings is 1. The van der Waals surface area contributed by atoms with Crippen molar-refractivity contribution in [3.05, 3.63) is 77.0 Å². The van der Waals surface area contributed by atoms with Crippen molar-refractivity contribution in [1.82, 2.24) is 20.1 Å². The van der Waals surface area contributed by atoms with Crippen molar-refractivity contribution < 1.29 is 9.21 Å². The van der Waals surface area contributed by atoms with E-state index in [0.29, 0.717) is 16.6 Å². The molecule has 0 saturated heterocycles. The molecule has 0 radical (unpaired) electrons. The van der Waals surface area contributed by atoms with Crippen molar-refractivity contribution in [3.63, 3.8) is 0 Å². The van der Waals surface area contributed by atoms with E-state index in [1.54, 1.807) is 23.7 Å². The van der Waals surface area contributed by atoms with Gasteiger partial charge in [0, 0.05) is 10.4 Å². The molecule has 1 amide bonds. The van der Waals surface area contributed by atoms with Crippen molar-refractivity contribution in [3.8, 4) is 5.69 Å². The van der Waals surface area contributed by atoms with Gasteiger partial charge in [0.1, 0.15) is 17.2 Å². The van der Waals surface area contributed by atoms with Crippen LogP contribution < -0.4 is 5.32 Å². The fraction of sp³-hybridized carbons (Fsp3) is 0.105. The molecule has 0 unspecified atom stereocenters. The zero-order valence-corrected chi connectivity index (χ0v) is 14.7. The monoisotopic (exact) mass is 366 g/mol. The Morgan fingerprint density at radius 3 is 2.73 bits per heavy atom. The topological polar surface area (TPSA) is 73.0 Å². The number of aromatic nitrogens is 3. The van der Waals surface area contributed by atoms with Crippen LogP contribution in [0.25, 0.3) is 16.7 Å². The maximum atomic E-state index is 12.4. The molecule has 26 heavy (non-hydrogen) atoms. The fourth-order valence-electron chi connectivity index (χ4n) is 2.68. The molecule has 1 N–H and O–H groups in total. The minimum atomic E-state index is -0.360. The van der Waals surface area contributed by atoms with E-state index in [2.05, 4.69) is 15.4 Å². The second kappa shape index (κ2) is 6.65. The van der Waals surface area contributed by atoms with Gasteiger partial charge in [-0.3, -0.25) is 4.79 Å². The van der Waals surface area contributed by atoms with Gasteiger partial charge in [-0.1, -0.05) is 29.8 Å². The number of rotatable bonds is 4. The first-order valence-corrected chi connectivity index (χ1v) is 8.43. The molecule has 4 rings (SSSR count). The maximum absolute atomic E-state index is 12.4. The van der Waals surface area contributed by atoms with Crippen molar-refractivity contribution in [2.45, 2.75) is 13.5 Å². The maximum Gasteiger partial charge on any atom is 0.291 e. The van der Waals surface area contributed by atoms with Gasteiger partial charge in [0.15, 0.2) is 0 Å². The molecule has 0 aliphatic carbocycles. The summed E-state index contributed by atoms with van der Waals surface area (Å²) in [5.74, 6) is 1.03. The predicted molar refractivity (Wildman–Crippen MR) is 98.5 cm³/mol. The highest BCUT2D eigenvalue weighted by molar-refractivity contribution is 6.30. The van der Waals surface area contributed by atoms with E-state index in [4.69, 9.17) is 16.0 Å². The molecule has 130 valence electrons. The highest BCUT2D eigenvalue weighted by Crippen LogP contribution is 2.18. The van der Waals surface area contributed by atoms with Gasteiger partial charge < -0.3 is 9.73 Å². The summed E-state index contributed by atoms with van der Waals surface area (Å²) in [6.45, 7) is 2.06. The van der Waals surface area contributed by atoms with E-state index in [-0.39, 0.29) is 18.3 Å². The van der Waals surface area contributed by atoms with Crippen LogP contribution in [0.5, 0.6) is 0 Å². The molecule has 0 aliphatic heterocycles. The first-order chi connectivity index (χ1) is 12.6. The number of benzene rings is 2. The fourth-order valence-corrected chi connectivity index (χ4v) is 2.81. The molecule has 7 heteroatoms. The number of fused-ring (bicyclic) bond motifs is 1. The van der Waals surface area contributed by atoms with Crippen LogP contribution >= 0.6 is 11.6 Å². The minimum absolute atomic E-state index is 0.105. The quantitative estimate of drug-likeness (QED) is 0.594.